The molecule has 0 amide bonds. The molecule has 1 saturated carbocycles. The van der Waals surface area contributed by atoms with E-state index in [4.69, 9.17) is 9.15 Å². The molecule has 0 spiro atoms. The highest BCUT2D eigenvalue weighted by molar-refractivity contribution is 5.94. The zero-order valence-electron chi connectivity index (χ0n) is 11.0. The first-order valence-corrected chi connectivity index (χ1v) is 6.34. The maximum Gasteiger partial charge on any atom is 0.342 e. The largest absolute Gasteiger partial charge is 0.451 e. The molecule has 19 heavy (non-hydrogen) atoms. The molecule has 0 N–H and O–H groups in total. The predicted octanol–water partition coefficient (Wildman–Crippen LogP) is 1.93. The number of carbonyl (C=O) groups is 2. The number of Topliss-reactive ketones (excluding diaryl/α,β-unsaturated/α-hetero) is 1. The van der Waals surface area contributed by atoms with E-state index in [1.54, 1.807) is 6.92 Å². The second kappa shape index (κ2) is 5.38. The predicted molar refractivity (Wildman–Crippen MR) is 67.1 cm³/mol. The van der Waals surface area contributed by atoms with E-state index in [1.165, 1.54) is 13.0 Å². The lowest BCUT2D eigenvalue weighted by molar-refractivity contribution is -0.129. The van der Waals surface area contributed by atoms with Gasteiger partial charge in [-0.15, -0.1) is 0 Å². The Hall–Kier alpha value is -1.91. The van der Waals surface area contributed by atoms with Crippen molar-refractivity contribution in [1.29, 1.82) is 0 Å². The SMILES string of the molecule is Cc1cc(=O)oc(C)c1C(=O)OC1CCCCC1=O. The average molecular weight is 264 g/mol. The lowest BCUT2D eigenvalue weighted by Gasteiger charge is -2.21. The zero-order chi connectivity index (χ0) is 14.0. The number of esters is 1. The smallest absolute Gasteiger partial charge is 0.342 e. The number of ether oxygens (including phenoxy) is 1. The third-order valence-corrected chi connectivity index (χ3v) is 3.29. The standard InChI is InChI=1S/C14H16O5/c1-8-7-12(16)18-9(2)13(8)14(17)19-11-6-4-3-5-10(11)15/h7,11H,3-6H2,1-2H3. The molecule has 1 unspecified atom stereocenters. The third-order valence-electron chi connectivity index (χ3n) is 3.29. The van der Waals surface area contributed by atoms with E-state index in [9.17, 15) is 14.4 Å². The van der Waals surface area contributed by atoms with E-state index in [0.29, 0.717) is 18.4 Å². The topological polar surface area (TPSA) is 73.6 Å². The molecule has 1 fully saturated rings. The van der Waals surface area contributed by atoms with Crippen molar-refractivity contribution in [3.05, 3.63) is 33.4 Å². The Morgan fingerprint density at radius 1 is 1.32 bits per heavy atom. The van der Waals surface area contributed by atoms with Gasteiger partial charge < -0.3 is 9.15 Å². The molecular formula is C14H16O5. The molecule has 0 bridgehead atoms. The first-order valence-electron chi connectivity index (χ1n) is 6.34. The fraction of sp³-hybridized carbons (Fsp3) is 0.500. The van der Waals surface area contributed by atoms with Gasteiger partial charge in [0.05, 0.1) is 0 Å². The average Bonchev–Trinajstić information content (AvgIpc) is 2.30. The molecule has 1 aromatic rings. The van der Waals surface area contributed by atoms with E-state index in [0.717, 1.165) is 12.8 Å². The van der Waals surface area contributed by atoms with Crippen molar-refractivity contribution in [2.24, 2.45) is 0 Å². The van der Waals surface area contributed by atoms with Crippen LogP contribution in [0.2, 0.25) is 0 Å². The first-order chi connectivity index (χ1) is 8.99. The summed E-state index contributed by atoms with van der Waals surface area (Å²) in [6.45, 7) is 3.18. The van der Waals surface area contributed by atoms with Gasteiger partial charge in [-0.3, -0.25) is 4.79 Å². The normalized spacial score (nSPS) is 19.3. The molecule has 1 aliphatic rings. The van der Waals surface area contributed by atoms with Crippen molar-refractivity contribution in [2.75, 3.05) is 0 Å². The Balaban J connectivity index is 2.20. The number of rotatable bonds is 2. The molecule has 0 aromatic carbocycles. The van der Waals surface area contributed by atoms with Crippen molar-refractivity contribution < 1.29 is 18.7 Å². The Labute approximate surface area is 110 Å². The van der Waals surface area contributed by atoms with Gasteiger partial charge >= 0.3 is 11.6 Å². The summed E-state index contributed by atoms with van der Waals surface area (Å²) in [5.74, 6) is -0.412. The summed E-state index contributed by atoms with van der Waals surface area (Å²) in [5.41, 5.74) is 0.236. The van der Waals surface area contributed by atoms with Crippen LogP contribution in [-0.4, -0.2) is 17.9 Å². The first kappa shape index (κ1) is 13.5. The summed E-state index contributed by atoms with van der Waals surface area (Å²) in [6, 6.07) is 1.24. The van der Waals surface area contributed by atoms with Crippen LogP contribution in [0.1, 0.15) is 47.4 Å². The van der Waals surface area contributed by atoms with Gasteiger partial charge in [0.2, 0.25) is 0 Å². The maximum atomic E-state index is 12.1. The molecule has 0 aliphatic heterocycles. The Bertz CT molecular complexity index is 543. The van der Waals surface area contributed by atoms with Crippen LogP contribution >= 0.6 is 0 Å². The van der Waals surface area contributed by atoms with Crippen LogP contribution in [0.4, 0.5) is 0 Å². The van der Waals surface area contributed by atoms with Gasteiger partial charge in [-0.05, 0) is 38.7 Å². The minimum absolute atomic E-state index is 0.0349. The van der Waals surface area contributed by atoms with Gasteiger partial charge in [0.25, 0.3) is 0 Å². The second-order valence-corrected chi connectivity index (χ2v) is 4.79. The summed E-state index contributed by atoms with van der Waals surface area (Å²) in [7, 11) is 0. The van der Waals surface area contributed by atoms with Crippen LogP contribution in [0, 0.1) is 13.8 Å². The van der Waals surface area contributed by atoms with Gasteiger partial charge in [0.1, 0.15) is 11.3 Å². The molecule has 2 rings (SSSR count). The molecule has 0 radical (unpaired) electrons. The molecule has 5 heteroatoms. The number of aryl methyl sites for hydroxylation is 2. The lowest BCUT2D eigenvalue weighted by Crippen LogP contribution is -2.30. The third kappa shape index (κ3) is 2.92. The molecule has 1 aromatic heterocycles. The molecular weight excluding hydrogens is 248 g/mol. The summed E-state index contributed by atoms with van der Waals surface area (Å²) >= 11 is 0. The molecule has 5 nitrogen and oxygen atoms in total. The molecule has 1 heterocycles. The molecule has 1 aliphatic carbocycles. The fourth-order valence-corrected chi connectivity index (χ4v) is 2.33. The molecule has 0 saturated heterocycles. The Morgan fingerprint density at radius 2 is 2.05 bits per heavy atom. The Morgan fingerprint density at radius 3 is 2.68 bits per heavy atom. The number of hydrogen-bond donors (Lipinski definition) is 0. The van der Waals surface area contributed by atoms with E-state index >= 15 is 0 Å². The molecule has 102 valence electrons. The van der Waals surface area contributed by atoms with E-state index in [2.05, 4.69) is 0 Å². The summed E-state index contributed by atoms with van der Waals surface area (Å²) < 4.78 is 10.1. The monoisotopic (exact) mass is 264 g/mol. The van der Waals surface area contributed by atoms with Gasteiger partial charge in [-0.25, -0.2) is 9.59 Å². The number of ketones is 1. The maximum absolute atomic E-state index is 12.1. The van der Waals surface area contributed by atoms with E-state index < -0.39 is 17.7 Å². The number of hydrogen-bond acceptors (Lipinski definition) is 5. The summed E-state index contributed by atoms with van der Waals surface area (Å²) in [4.78, 5) is 34.9. The highest BCUT2D eigenvalue weighted by atomic mass is 16.5. The van der Waals surface area contributed by atoms with Crippen LogP contribution < -0.4 is 5.63 Å². The quantitative estimate of drug-likeness (QED) is 0.763. The summed E-state index contributed by atoms with van der Waals surface area (Å²) in [6.07, 6.45) is 2.10. The van der Waals surface area contributed by atoms with E-state index in [1.807, 2.05) is 0 Å². The van der Waals surface area contributed by atoms with Gasteiger partial charge in [0, 0.05) is 12.5 Å². The highest BCUT2D eigenvalue weighted by Gasteiger charge is 2.27. The number of carbonyl (C=O) groups excluding carboxylic acids is 2. The van der Waals surface area contributed by atoms with Crippen LogP contribution in [0.3, 0.4) is 0 Å². The van der Waals surface area contributed by atoms with Crippen molar-refractivity contribution >= 4 is 11.8 Å². The van der Waals surface area contributed by atoms with Crippen molar-refractivity contribution in [3.8, 4) is 0 Å². The fourth-order valence-electron chi connectivity index (χ4n) is 2.33. The minimum Gasteiger partial charge on any atom is -0.451 e. The lowest BCUT2D eigenvalue weighted by atomic mass is 9.96. The van der Waals surface area contributed by atoms with Crippen LogP contribution in [0.5, 0.6) is 0 Å². The van der Waals surface area contributed by atoms with Crippen molar-refractivity contribution in [2.45, 2.75) is 45.6 Å². The second-order valence-electron chi connectivity index (χ2n) is 4.79. The van der Waals surface area contributed by atoms with Crippen LogP contribution in [0.25, 0.3) is 0 Å². The van der Waals surface area contributed by atoms with Crippen molar-refractivity contribution in [3.63, 3.8) is 0 Å². The highest BCUT2D eigenvalue weighted by Crippen LogP contribution is 2.20. The van der Waals surface area contributed by atoms with Crippen LogP contribution in [0.15, 0.2) is 15.3 Å². The van der Waals surface area contributed by atoms with Gasteiger partial charge in [-0.1, -0.05) is 0 Å². The minimum atomic E-state index is -0.660. The zero-order valence-corrected chi connectivity index (χ0v) is 11.0. The van der Waals surface area contributed by atoms with E-state index in [-0.39, 0.29) is 17.1 Å². The van der Waals surface area contributed by atoms with Gasteiger partial charge in [-0.2, -0.15) is 0 Å². The van der Waals surface area contributed by atoms with Crippen LogP contribution in [-0.2, 0) is 9.53 Å². The van der Waals surface area contributed by atoms with Gasteiger partial charge in [0.15, 0.2) is 11.9 Å². The Kier molecular flexibility index (Phi) is 3.83. The summed E-state index contributed by atoms with van der Waals surface area (Å²) in [5, 5.41) is 0. The molecule has 1 atom stereocenters. The van der Waals surface area contributed by atoms with Crippen molar-refractivity contribution in [1.82, 2.24) is 0 Å².